The van der Waals surface area contributed by atoms with Gasteiger partial charge in [-0.05, 0) is 12.1 Å². The largest absolute Gasteiger partial charge is 0.383 e. The van der Waals surface area contributed by atoms with Crippen molar-refractivity contribution in [3.8, 4) is 0 Å². The van der Waals surface area contributed by atoms with Gasteiger partial charge < -0.3 is 15.4 Å². The number of nitrogens with one attached hydrogen (secondary N) is 2. The summed E-state index contributed by atoms with van der Waals surface area (Å²) in [4.78, 5) is 11.3. The number of ether oxygens (including phenoxy) is 1. The second-order valence-electron chi connectivity index (χ2n) is 3.99. The average molecular weight is 276 g/mol. The highest BCUT2D eigenvalue weighted by molar-refractivity contribution is 5.91. The van der Waals surface area contributed by atoms with E-state index in [0.717, 1.165) is 5.69 Å². The van der Waals surface area contributed by atoms with Crippen LogP contribution in [-0.2, 0) is 11.3 Å². The Morgan fingerprint density at radius 1 is 1.40 bits per heavy atom. The molecule has 0 aliphatic carbocycles. The van der Waals surface area contributed by atoms with Crippen molar-refractivity contribution in [3.05, 3.63) is 30.2 Å². The number of amides is 1. The van der Waals surface area contributed by atoms with Crippen LogP contribution >= 0.6 is 0 Å². The van der Waals surface area contributed by atoms with Gasteiger partial charge in [-0.3, -0.25) is 9.48 Å². The number of hydrogen-bond donors (Lipinski definition) is 2. The third-order valence-corrected chi connectivity index (χ3v) is 2.55. The number of anilines is 2. The zero-order valence-corrected chi connectivity index (χ0v) is 11.3. The van der Waals surface area contributed by atoms with Gasteiger partial charge in [0.25, 0.3) is 5.91 Å². The molecule has 0 saturated heterocycles. The Labute approximate surface area is 116 Å². The summed E-state index contributed by atoms with van der Waals surface area (Å²) in [5.74, 6) is 0.278. The number of carbonyl (C=O) groups is 1. The van der Waals surface area contributed by atoms with Crippen molar-refractivity contribution in [2.75, 3.05) is 26.1 Å². The molecule has 0 unspecified atom stereocenters. The van der Waals surface area contributed by atoms with E-state index in [2.05, 4.69) is 25.9 Å². The fourth-order valence-corrected chi connectivity index (χ4v) is 1.53. The Morgan fingerprint density at radius 3 is 2.90 bits per heavy atom. The van der Waals surface area contributed by atoms with Gasteiger partial charge in [0.15, 0.2) is 11.5 Å². The van der Waals surface area contributed by atoms with E-state index in [4.69, 9.17) is 4.74 Å². The van der Waals surface area contributed by atoms with Gasteiger partial charge in [0.05, 0.1) is 25.0 Å². The highest BCUT2D eigenvalue weighted by Crippen LogP contribution is 2.12. The molecule has 0 spiro atoms. The lowest BCUT2D eigenvalue weighted by molar-refractivity contribution is 0.0957. The van der Waals surface area contributed by atoms with Crippen molar-refractivity contribution in [2.45, 2.75) is 6.54 Å². The average Bonchev–Trinajstić information content (AvgIpc) is 2.92. The van der Waals surface area contributed by atoms with Crippen LogP contribution in [0.4, 0.5) is 11.5 Å². The van der Waals surface area contributed by atoms with Gasteiger partial charge in [-0.25, -0.2) is 0 Å². The lowest BCUT2D eigenvalue weighted by Crippen LogP contribution is -2.19. The molecule has 0 saturated carbocycles. The van der Waals surface area contributed by atoms with Crippen molar-refractivity contribution >= 4 is 17.4 Å². The Balaban J connectivity index is 1.99. The maximum absolute atomic E-state index is 11.3. The molecule has 2 heterocycles. The van der Waals surface area contributed by atoms with Gasteiger partial charge in [-0.15, -0.1) is 10.2 Å². The third kappa shape index (κ3) is 3.51. The van der Waals surface area contributed by atoms with Crippen LogP contribution in [0.15, 0.2) is 24.5 Å². The van der Waals surface area contributed by atoms with Gasteiger partial charge in [0, 0.05) is 20.4 Å². The fourth-order valence-electron chi connectivity index (χ4n) is 1.53. The number of nitrogens with zero attached hydrogens (tertiary/aromatic N) is 4. The lowest BCUT2D eigenvalue weighted by atomic mass is 10.3. The van der Waals surface area contributed by atoms with Crippen LogP contribution in [-0.4, -0.2) is 46.6 Å². The SMILES string of the molecule is CNC(=O)c1ccc(Nc2cnn(CCOC)c2)nn1. The number of methoxy groups -OCH3 is 1. The summed E-state index contributed by atoms with van der Waals surface area (Å²) in [6.07, 6.45) is 3.53. The van der Waals surface area contributed by atoms with Crippen LogP contribution in [0.3, 0.4) is 0 Å². The fraction of sp³-hybridized carbons (Fsp3) is 0.333. The van der Waals surface area contributed by atoms with E-state index in [1.165, 1.54) is 0 Å². The van der Waals surface area contributed by atoms with E-state index in [9.17, 15) is 4.79 Å². The first kappa shape index (κ1) is 13.9. The van der Waals surface area contributed by atoms with Gasteiger partial charge in [0.1, 0.15) is 0 Å². The molecule has 2 rings (SSSR count). The predicted octanol–water partition coefficient (Wildman–Crippen LogP) is 0.423. The summed E-state index contributed by atoms with van der Waals surface area (Å²) >= 11 is 0. The minimum atomic E-state index is -0.267. The van der Waals surface area contributed by atoms with Gasteiger partial charge in [-0.1, -0.05) is 0 Å². The van der Waals surface area contributed by atoms with Gasteiger partial charge in [0.2, 0.25) is 0 Å². The molecule has 1 amide bonds. The van der Waals surface area contributed by atoms with E-state index < -0.39 is 0 Å². The molecule has 106 valence electrons. The Kier molecular flexibility index (Phi) is 4.61. The normalized spacial score (nSPS) is 10.3. The topological polar surface area (TPSA) is 94.0 Å². The molecule has 0 aliphatic rings. The molecule has 0 aliphatic heterocycles. The van der Waals surface area contributed by atoms with E-state index in [1.54, 1.807) is 37.2 Å². The van der Waals surface area contributed by atoms with Crippen LogP contribution in [0.25, 0.3) is 0 Å². The number of hydrogen-bond acceptors (Lipinski definition) is 6. The molecule has 8 nitrogen and oxygen atoms in total. The molecule has 2 N–H and O–H groups in total. The highest BCUT2D eigenvalue weighted by atomic mass is 16.5. The van der Waals surface area contributed by atoms with Crippen LogP contribution in [0.2, 0.25) is 0 Å². The number of carbonyl (C=O) groups excluding carboxylic acids is 1. The van der Waals surface area contributed by atoms with E-state index in [-0.39, 0.29) is 11.6 Å². The smallest absolute Gasteiger partial charge is 0.271 e. The molecule has 0 fully saturated rings. The molecular formula is C12H16N6O2. The van der Waals surface area contributed by atoms with Crippen molar-refractivity contribution in [3.63, 3.8) is 0 Å². The maximum atomic E-state index is 11.3. The van der Waals surface area contributed by atoms with E-state index in [1.807, 2.05) is 6.20 Å². The second kappa shape index (κ2) is 6.62. The molecule has 8 heteroatoms. The molecule has 2 aromatic heterocycles. The molecule has 0 bridgehead atoms. The molecule has 20 heavy (non-hydrogen) atoms. The lowest BCUT2D eigenvalue weighted by Gasteiger charge is -2.02. The van der Waals surface area contributed by atoms with E-state index in [0.29, 0.717) is 19.0 Å². The molecule has 0 atom stereocenters. The molecule has 2 aromatic rings. The first-order valence-electron chi connectivity index (χ1n) is 6.07. The van der Waals surface area contributed by atoms with Crippen molar-refractivity contribution in [2.24, 2.45) is 0 Å². The zero-order chi connectivity index (χ0) is 14.4. The first-order valence-corrected chi connectivity index (χ1v) is 6.07. The van der Waals surface area contributed by atoms with Gasteiger partial charge in [-0.2, -0.15) is 5.10 Å². The van der Waals surface area contributed by atoms with Crippen molar-refractivity contribution in [1.29, 1.82) is 0 Å². The summed E-state index contributed by atoms with van der Waals surface area (Å²) in [6.45, 7) is 1.28. The van der Waals surface area contributed by atoms with Crippen molar-refractivity contribution < 1.29 is 9.53 Å². The van der Waals surface area contributed by atoms with Crippen LogP contribution in [0.1, 0.15) is 10.5 Å². The minimum Gasteiger partial charge on any atom is -0.383 e. The third-order valence-electron chi connectivity index (χ3n) is 2.55. The Morgan fingerprint density at radius 2 is 2.25 bits per heavy atom. The summed E-state index contributed by atoms with van der Waals surface area (Å²) in [5.41, 5.74) is 1.07. The summed E-state index contributed by atoms with van der Waals surface area (Å²) in [6, 6.07) is 3.29. The Bertz CT molecular complexity index is 566. The minimum absolute atomic E-state index is 0.267. The molecule has 0 radical (unpaired) electrons. The Hall–Kier alpha value is -2.48. The number of rotatable bonds is 6. The van der Waals surface area contributed by atoms with Crippen LogP contribution in [0, 0.1) is 0 Å². The number of aromatic nitrogens is 4. The quantitative estimate of drug-likeness (QED) is 0.794. The van der Waals surface area contributed by atoms with Crippen molar-refractivity contribution in [1.82, 2.24) is 25.3 Å². The van der Waals surface area contributed by atoms with Crippen LogP contribution in [0.5, 0.6) is 0 Å². The maximum Gasteiger partial charge on any atom is 0.271 e. The summed E-state index contributed by atoms with van der Waals surface area (Å²) in [7, 11) is 3.19. The van der Waals surface area contributed by atoms with Crippen LogP contribution < -0.4 is 10.6 Å². The predicted molar refractivity (Wildman–Crippen MR) is 72.8 cm³/mol. The summed E-state index contributed by atoms with van der Waals surface area (Å²) in [5, 5.41) is 17.5. The summed E-state index contributed by atoms with van der Waals surface area (Å²) < 4.78 is 6.74. The van der Waals surface area contributed by atoms with E-state index >= 15 is 0 Å². The standard InChI is InChI=1S/C12H16N6O2/c1-13-12(19)10-3-4-11(17-16-10)15-9-7-14-18(8-9)5-6-20-2/h3-4,7-8H,5-6H2,1-2H3,(H,13,19)(H,15,17). The zero-order valence-electron chi connectivity index (χ0n) is 11.3. The monoisotopic (exact) mass is 276 g/mol. The highest BCUT2D eigenvalue weighted by Gasteiger charge is 2.06. The molecule has 0 aromatic carbocycles. The first-order chi connectivity index (χ1) is 9.72. The van der Waals surface area contributed by atoms with Gasteiger partial charge >= 0.3 is 0 Å². The molecular weight excluding hydrogens is 260 g/mol. The second-order valence-corrected chi connectivity index (χ2v) is 3.99.